The number of piperidine rings is 1. The van der Waals surface area contributed by atoms with Crippen LogP contribution < -0.4 is 5.73 Å². The Hall–Kier alpha value is -1.13. The molecule has 0 radical (unpaired) electrons. The van der Waals surface area contributed by atoms with Crippen molar-refractivity contribution in [3.05, 3.63) is 39.9 Å². The molecule has 96 valence electrons. The highest BCUT2D eigenvalue weighted by Gasteiger charge is 2.19. The lowest BCUT2D eigenvalue weighted by molar-refractivity contribution is 0.365. The van der Waals surface area contributed by atoms with Crippen LogP contribution >= 0.6 is 15.9 Å². The minimum atomic E-state index is 0.842. The third-order valence-corrected chi connectivity index (χ3v) is 3.79. The second-order valence-corrected chi connectivity index (χ2v) is 5.47. The second-order valence-electron chi connectivity index (χ2n) is 4.56. The summed E-state index contributed by atoms with van der Waals surface area (Å²) in [7, 11) is 3.96. The smallest absolute Gasteiger partial charge is 0.0451 e. The molecule has 0 bridgehead atoms. The molecule has 1 fully saturated rings. The molecule has 4 heteroatoms. The minimum Gasteiger partial charge on any atom is -0.398 e. The first-order valence-electron chi connectivity index (χ1n) is 6.01. The molecule has 18 heavy (non-hydrogen) atoms. The Morgan fingerprint density at radius 3 is 2.61 bits per heavy atom. The highest BCUT2D eigenvalue weighted by Crippen LogP contribution is 2.21. The highest BCUT2D eigenvalue weighted by molar-refractivity contribution is 9.10. The molecule has 0 saturated carbocycles. The van der Waals surface area contributed by atoms with Gasteiger partial charge in [-0.15, -0.1) is 0 Å². The quantitative estimate of drug-likeness (QED) is 0.866. The number of benzene rings is 1. The van der Waals surface area contributed by atoms with E-state index in [1.165, 1.54) is 0 Å². The van der Waals surface area contributed by atoms with Crippen LogP contribution in [0.4, 0.5) is 0 Å². The van der Waals surface area contributed by atoms with E-state index in [9.17, 15) is 0 Å². The van der Waals surface area contributed by atoms with Crippen molar-refractivity contribution in [2.24, 2.45) is 10.7 Å². The molecule has 2 rings (SSSR count). The summed E-state index contributed by atoms with van der Waals surface area (Å²) >= 11 is 3.44. The summed E-state index contributed by atoms with van der Waals surface area (Å²) in [6.07, 6.45) is 0.972. The van der Waals surface area contributed by atoms with Crippen molar-refractivity contribution in [1.29, 1.82) is 0 Å². The minimum absolute atomic E-state index is 0.842. The van der Waals surface area contributed by atoms with Gasteiger partial charge in [-0.25, -0.2) is 0 Å². The Kier molecular flexibility index (Phi) is 4.19. The number of likely N-dealkylation sites (N-methyl/N-ethyl adjacent to an activating group) is 1. The number of nitrogens with two attached hydrogens (primary N) is 1. The fourth-order valence-electron chi connectivity index (χ4n) is 2.18. The molecule has 2 N–H and O–H groups in total. The number of rotatable bonds is 1. The van der Waals surface area contributed by atoms with E-state index < -0.39 is 0 Å². The number of aliphatic imine (C=N–C) groups is 1. The first-order valence-corrected chi connectivity index (χ1v) is 6.80. The van der Waals surface area contributed by atoms with Crippen LogP contribution in [0.2, 0.25) is 0 Å². The molecule has 0 aromatic heterocycles. The number of halogens is 1. The number of nitrogens with zero attached hydrogens (tertiary/aromatic N) is 2. The van der Waals surface area contributed by atoms with Gasteiger partial charge in [-0.3, -0.25) is 4.99 Å². The predicted molar refractivity (Wildman–Crippen MR) is 80.7 cm³/mol. The fourth-order valence-corrected chi connectivity index (χ4v) is 2.44. The molecule has 1 aliphatic heterocycles. The van der Waals surface area contributed by atoms with Gasteiger partial charge in [-0.1, -0.05) is 28.1 Å². The third kappa shape index (κ3) is 2.82. The Morgan fingerprint density at radius 1 is 1.33 bits per heavy atom. The van der Waals surface area contributed by atoms with Crippen molar-refractivity contribution in [2.45, 2.75) is 6.42 Å². The van der Waals surface area contributed by atoms with E-state index >= 15 is 0 Å². The van der Waals surface area contributed by atoms with Gasteiger partial charge in [0, 0.05) is 48.0 Å². The molecule has 3 nitrogen and oxygen atoms in total. The van der Waals surface area contributed by atoms with E-state index in [2.05, 4.69) is 32.9 Å². The van der Waals surface area contributed by atoms with E-state index in [4.69, 9.17) is 5.73 Å². The molecule has 0 amide bonds. The standard InChI is InChI=1S/C14H18BrN3/c1-17-13-7-8-18(2)9-12(13)14(16)10-3-5-11(15)6-4-10/h3-6H,7-9,16H2,1-2H3/b14-12-,17-13?. The van der Waals surface area contributed by atoms with Crippen molar-refractivity contribution < 1.29 is 0 Å². The van der Waals surface area contributed by atoms with Crippen LogP contribution in [0, 0.1) is 0 Å². The lowest BCUT2D eigenvalue weighted by Gasteiger charge is -2.27. The lowest BCUT2D eigenvalue weighted by Crippen LogP contribution is -2.34. The molecule has 1 aromatic carbocycles. The fraction of sp³-hybridized carbons (Fsp3) is 0.357. The maximum Gasteiger partial charge on any atom is 0.0451 e. The Bertz CT molecular complexity index is 488. The second kappa shape index (κ2) is 5.67. The van der Waals surface area contributed by atoms with Crippen LogP contribution in [0.5, 0.6) is 0 Å². The molecule has 0 spiro atoms. The van der Waals surface area contributed by atoms with Crippen LogP contribution in [0.15, 0.2) is 39.3 Å². The Morgan fingerprint density at radius 2 is 2.00 bits per heavy atom. The molecular weight excluding hydrogens is 290 g/mol. The van der Waals surface area contributed by atoms with Gasteiger partial charge in [0.2, 0.25) is 0 Å². The van der Waals surface area contributed by atoms with Gasteiger partial charge >= 0.3 is 0 Å². The van der Waals surface area contributed by atoms with Crippen molar-refractivity contribution in [2.75, 3.05) is 27.2 Å². The van der Waals surface area contributed by atoms with E-state index in [1.807, 2.05) is 31.3 Å². The predicted octanol–water partition coefficient (Wildman–Crippen LogP) is 2.53. The summed E-state index contributed by atoms with van der Waals surface area (Å²) in [6.45, 7) is 1.92. The van der Waals surface area contributed by atoms with Crippen molar-refractivity contribution in [3.8, 4) is 0 Å². The van der Waals surface area contributed by atoms with E-state index in [0.717, 1.165) is 46.5 Å². The van der Waals surface area contributed by atoms with Crippen LogP contribution in [-0.2, 0) is 0 Å². The Balaban J connectivity index is 2.40. The van der Waals surface area contributed by atoms with Crippen molar-refractivity contribution >= 4 is 27.3 Å². The summed E-state index contributed by atoms with van der Waals surface area (Å²) in [5, 5.41) is 0. The maximum absolute atomic E-state index is 6.30. The van der Waals surface area contributed by atoms with E-state index in [0.29, 0.717) is 0 Å². The van der Waals surface area contributed by atoms with Gasteiger partial charge in [0.1, 0.15) is 0 Å². The van der Waals surface area contributed by atoms with Gasteiger partial charge in [-0.05, 0) is 24.7 Å². The first kappa shape index (κ1) is 13.3. The van der Waals surface area contributed by atoms with E-state index in [-0.39, 0.29) is 0 Å². The zero-order valence-electron chi connectivity index (χ0n) is 10.8. The summed E-state index contributed by atoms with van der Waals surface area (Å²) in [5.41, 5.74) is 10.5. The first-order chi connectivity index (χ1) is 8.61. The molecule has 1 heterocycles. The molecule has 1 aliphatic rings. The zero-order chi connectivity index (χ0) is 13.1. The molecule has 0 aliphatic carbocycles. The highest BCUT2D eigenvalue weighted by atomic mass is 79.9. The summed E-state index contributed by atoms with van der Waals surface area (Å²) < 4.78 is 1.06. The van der Waals surface area contributed by atoms with Crippen LogP contribution in [0.25, 0.3) is 5.70 Å². The van der Waals surface area contributed by atoms with Crippen LogP contribution in [0.3, 0.4) is 0 Å². The third-order valence-electron chi connectivity index (χ3n) is 3.26. The summed E-state index contributed by atoms with van der Waals surface area (Å²) in [4.78, 5) is 6.64. The zero-order valence-corrected chi connectivity index (χ0v) is 12.4. The molecule has 1 saturated heterocycles. The molecular formula is C14H18BrN3. The Labute approximate surface area is 117 Å². The largest absolute Gasteiger partial charge is 0.398 e. The average Bonchev–Trinajstić information content (AvgIpc) is 2.39. The van der Waals surface area contributed by atoms with Crippen LogP contribution in [0.1, 0.15) is 12.0 Å². The summed E-state index contributed by atoms with van der Waals surface area (Å²) in [6, 6.07) is 8.10. The number of likely N-dealkylation sites (tertiary alicyclic amines) is 1. The van der Waals surface area contributed by atoms with Gasteiger partial charge < -0.3 is 10.6 Å². The SMILES string of the molecule is CN=C1CCN(C)C/C1=C(/N)c1ccc(Br)cc1. The molecule has 0 atom stereocenters. The van der Waals surface area contributed by atoms with Crippen LogP contribution in [-0.4, -0.2) is 37.8 Å². The van der Waals surface area contributed by atoms with Gasteiger partial charge in [0.05, 0.1) is 0 Å². The number of hydrogen-bond donors (Lipinski definition) is 1. The van der Waals surface area contributed by atoms with Crippen molar-refractivity contribution in [1.82, 2.24) is 4.90 Å². The normalized spacial score (nSPS) is 22.3. The summed E-state index contributed by atoms with van der Waals surface area (Å²) in [5.74, 6) is 0. The monoisotopic (exact) mass is 307 g/mol. The van der Waals surface area contributed by atoms with Gasteiger partial charge in [0.25, 0.3) is 0 Å². The lowest BCUT2D eigenvalue weighted by atomic mass is 9.97. The molecule has 1 aromatic rings. The topological polar surface area (TPSA) is 41.6 Å². The van der Waals surface area contributed by atoms with E-state index in [1.54, 1.807) is 0 Å². The van der Waals surface area contributed by atoms with Gasteiger partial charge in [0.15, 0.2) is 0 Å². The maximum atomic E-state index is 6.30. The van der Waals surface area contributed by atoms with Crippen molar-refractivity contribution in [3.63, 3.8) is 0 Å². The number of hydrogen-bond acceptors (Lipinski definition) is 3. The molecule has 0 unspecified atom stereocenters. The van der Waals surface area contributed by atoms with Gasteiger partial charge in [-0.2, -0.15) is 0 Å². The average molecular weight is 308 g/mol.